The van der Waals surface area contributed by atoms with Gasteiger partial charge in [-0.15, -0.1) is 0 Å². The molecule has 0 amide bonds. The fourth-order valence-corrected chi connectivity index (χ4v) is 1.51. The number of aliphatic hydroxyl groups is 1. The van der Waals surface area contributed by atoms with Crippen molar-refractivity contribution >= 4 is 5.84 Å². The first kappa shape index (κ1) is 11.5. The first-order chi connectivity index (χ1) is 6.45. The van der Waals surface area contributed by atoms with Crippen LogP contribution in [0.5, 0.6) is 0 Å². The highest BCUT2D eigenvalue weighted by Crippen LogP contribution is 2.19. The summed E-state index contributed by atoms with van der Waals surface area (Å²) in [5.41, 5.74) is -0.128. The molecule has 1 aliphatic rings. The average molecular weight is 200 g/mol. The third kappa shape index (κ3) is 2.69. The van der Waals surface area contributed by atoms with Gasteiger partial charge in [0.2, 0.25) is 0 Å². The maximum absolute atomic E-state index is 8.97. The number of amidine groups is 1. The van der Waals surface area contributed by atoms with E-state index in [1.165, 1.54) is 0 Å². The molecule has 82 valence electrons. The van der Waals surface area contributed by atoms with Crippen molar-refractivity contribution in [1.29, 1.82) is 5.41 Å². The van der Waals surface area contributed by atoms with E-state index in [0.717, 1.165) is 6.54 Å². The van der Waals surface area contributed by atoms with E-state index in [4.69, 9.17) is 15.3 Å². The standard InChI is InChI=1S/C10H20N2O2/c1-10(2,3)9(11)12-4-5-14-8(6-12)7-13/h8,11,13H,4-7H2,1-3H3. The number of hydrogen-bond donors (Lipinski definition) is 2. The lowest BCUT2D eigenvalue weighted by Gasteiger charge is -2.38. The zero-order valence-corrected chi connectivity index (χ0v) is 9.21. The molecule has 1 fully saturated rings. The molecule has 0 aromatic carbocycles. The van der Waals surface area contributed by atoms with Crippen LogP contribution in [0.25, 0.3) is 0 Å². The van der Waals surface area contributed by atoms with E-state index in [-0.39, 0.29) is 18.1 Å². The monoisotopic (exact) mass is 200 g/mol. The fourth-order valence-electron chi connectivity index (χ4n) is 1.51. The van der Waals surface area contributed by atoms with Crippen LogP contribution in [0, 0.1) is 10.8 Å². The SMILES string of the molecule is CC(C)(C)C(=N)N1CCOC(CO)C1. The van der Waals surface area contributed by atoms with Gasteiger partial charge in [0.1, 0.15) is 5.84 Å². The predicted octanol–water partition coefficient (Wildman–Crippen LogP) is 0.703. The normalized spacial score (nSPS) is 23.7. The summed E-state index contributed by atoms with van der Waals surface area (Å²) in [5.74, 6) is 0.624. The lowest BCUT2D eigenvalue weighted by Crippen LogP contribution is -2.50. The van der Waals surface area contributed by atoms with Gasteiger partial charge in [0.25, 0.3) is 0 Å². The van der Waals surface area contributed by atoms with E-state index < -0.39 is 0 Å². The number of ether oxygens (including phenoxy) is 1. The Kier molecular flexibility index (Phi) is 3.50. The van der Waals surface area contributed by atoms with Gasteiger partial charge in [0.05, 0.1) is 19.3 Å². The third-order valence-electron chi connectivity index (χ3n) is 2.37. The van der Waals surface area contributed by atoms with Crippen LogP contribution in [0.2, 0.25) is 0 Å². The molecule has 0 bridgehead atoms. The number of nitrogens with zero attached hydrogens (tertiary/aromatic N) is 1. The van der Waals surface area contributed by atoms with E-state index >= 15 is 0 Å². The number of aliphatic hydroxyl groups excluding tert-OH is 1. The molecule has 1 heterocycles. The van der Waals surface area contributed by atoms with Gasteiger partial charge in [-0.05, 0) is 0 Å². The highest BCUT2D eigenvalue weighted by molar-refractivity contribution is 5.84. The van der Waals surface area contributed by atoms with Gasteiger partial charge in [-0.1, -0.05) is 20.8 Å². The van der Waals surface area contributed by atoms with Gasteiger partial charge >= 0.3 is 0 Å². The minimum absolute atomic E-state index is 0.0356. The number of hydrogen-bond acceptors (Lipinski definition) is 3. The lowest BCUT2D eigenvalue weighted by molar-refractivity contribution is -0.0360. The quantitative estimate of drug-likeness (QED) is 0.484. The first-order valence-electron chi connectivity index (χ1n) is 5.01. The Morgan fingerprint density at radius 3 is 2.71 bits per heavy atom. The van der Waals surface area contributed by atoms with Gasteiger partial charge in [-0.3, -0.25) is 5.41 Å². The molecule has 0 spiro atoms. The summed E-state index contributed by atoms with van der Waals surface area (Å²) in [6, 6.07) is 0. The second-order valence-electron chi connectivity index (χ2n) is 4.72. The molecule has 2 N–H and O–H groups in total. The molecule has 0 aliphatic carbocycles. The van der Waals surface area contributed by atoms with Crippen LogP contribution in [0.15, 0.2) is 0 Å². The molecule has 1 saturated heterocycles. The van der Waals surface area contributed by atoms with Crippen molar-refractivity contribution in [3.63, 3.8) is 0 Å². The Morgan fingerprint density at radius 1 is 1.57 bits per heavy atom. The van der Waals surface area contributed by atoms with E-state index in [1.54, 1.807) is 0 Å². The minimum atomic E-state index is -0.133. The van der Waals surface area contributed by atoms with E-state index in [2.05, 4.69) is 0 Å². The maximum Gasteiger partial charge on any atom is 0.101 e. The van der Waals surface area contributed by atoms with Gasteiger partial charge in [0, 0.05) is 18.5 Å². The Morgan fingerprint density at radius 2 is 2.21 bits per heavy atom. The topological polar surface area (TPSA) is 56.6 Å². The molecule has 1 atom stereocenters. The van der Waals surface area contributed by atoms with Crippen molar-refractivity contribution in [1.82, 2.24) is 4.90 Å². The zero-order chi connectivity index (χ0) is 10.8. The van der Waals surface area contributed by atoms with Crippen LogP contribution >= 0.6 is 0 Å². The Labute approximate surface area is 85.4 Å². The maximum atomic E-state index is 8.97. The van der Waals surface area contributed by atoms with Crippen molar-refractivity contribution in [2.75, 3.05) is 26.3 Å². The third-order valence-corrected chi connectivity index (χ3v) is 2.37. The molecule has 0 aromatic rings. The van der Waals surface area contributed by atoms with Crippen LogP contribution in [-0.2, 0) is 4.74 Å². The molecule has 14 heavy (non-hydrogen) atoms. The summed E-state index contributed by atoms with van der Waals surface area (Å²) in [4.78, 5) is 1.99. The van der Waals surface area contributed by atoms with Gasteiger partial charge in [0.15, 0.2) is 0 Å². The van der Waals surface area contributed by atoms with Gasteiger partial charge in [-0.25, -0.2) is 0 Å². The highest BCUT2D eigenvalue weighted by atomic mass is 16.5. The molecule has 0 saturated carbocycles. The van der Waals surface area contributed by atoms with Gasteiger partial charge in [-0.2, -0.15) is 0 Å². The zero-order valence-electron chi connectivity index (χ0n) is 9.21. The number of morpholine rings is 1. The van der Waals surface area contributed by atoms with Crippen molar-refractivity contribution < 1.29 is 9.84 Å². The second-order valence-corrected chi connectivity index (χ2v) is 4.72. The van der Waals surface area contributed by atoms with Crippen LogP contribution in [0.1, 0.15) is 20.8 Å². The molecule has 4 heteroatoms. The van der Waals surface area contributed by atoms with Gasteiger partial charge < -0.3 is 14.7 Å². The summed E-state index contributed by atoms with van der Waals surface area (Å²) in [7, 11) is 0. The van der Waals surface area contributed by atoms with Crippen LogP contribution in [-0.4, -0.2) is 48.2 Å². The molecule has 1 rings (SSSR count). The predicted molar refractivity (Wildman–Crippen MR) is 55.6 cm³/mol. The molecule has 0 radical (unpaired) electrons. The summed E-state index contributed by atoms with van der Waals surface area (Å²) < 4.78 is 5.33. The van der Waals surface area contributed by atoms with Crippen molar-refractivity contribution in [3.05, 3.63) is 0 Å². The summed E-state index contributed by atoms with van der Waals surface area (Å²) in [6.07, 6.45) is -0.133. The Hall–Kier alpha value is -0.610. The van der Waals surface area contributed by atoms with E-state index in [1.807, 2.05) is 25.7 Å². The van der Waals surface area contributed by atoms with Crippen LogP contribution in [0.4, 0.5) is 0 Å². The molecular formula is C10H20N2O2. The molecule has 1 aliphatic heterocycles. The summed E-state index contributed by atoms with van der Waals surface area (Å²) in [6.45, 7) is 8.10. The molecular weight excluding hydrogens is 180 g/mol. The molecule has 0 aromatic heterocycles. The minimum Gasteiger partial charge on any atom is -0.394 e. The highest BCUT2D eigenvalue weighted by Gasteiger charge is 2.27. The van der Waals surface area contributed by atoms with Crippen molar-refractivity contribution in [2.24, 2.45) is 5.41 Å². The van der Waals surface area contributed by atoms with Crippen LogP contribution < -0.4 is 0 Å². The summed E-state index contributed by atoms with van der Waals surface area (Å²) >= 11 is 0. The molecule has 4 nitrogen and oxygen atoms in total. The number of rotatable bonds is 1. The van der Waals surface area contributed by atoms with Crippen molar-refractivity contribution in [2.45, 2.75) is 26.9 Å². The largest absolute Gasteiger partial charge is 0.394 e. The van der Waals surface area contributed by atoms with E-state index in [0.29, 0.717) is 19.0 Å². The molecule has 1 unspecified atom stereocenters. The van der Waals surface area contributed by atoms with Crippen molar-refractivity contribution in [3.8, 4) is 0 Å². The van der Waals surface area contributed by atoms with Crippen LogP contribution in [0.3, 0.4) is 0 Å². The smallest absolute Gasteiger partial charge is 0.101 e. The van der Waals surface area contributed by atoms with E-state index in [9.17, 15) is 0 Å². The second kappa shape index (κ2) is 4.28. The average Bonchev–Trinajstić information content (AvgIpc) is 2.15. The Bertz CT molecular complexity index is 211. The lowest BCUT2D eigenvalue weighted by atomic mass is 9.93. The summed E-state index contributed by atoms with van der Waals surface area (Å²) in [5, 5.41) is 17.0. The first-order valence-corrected chi connectivity index (χ1v) is 5.01. The Balaban J connectivity index is 2.56. The number of nitrogens with one attached hydrogen (secondary N) is 1. The fraction of sp³-hybridized carbons (Fsp3) is 0.900.